The van der Waals surface area contributed by atoms with E-state index in [9.17, 15) is 13.2 Å². The molecule has 0 saturated carbocycles. The number of amides is 1. The van der Waals surface area contributed by atoms with Crippen LogP contribution in [0.3, 0.4) is 0 Å². The van der Waals surface area contributed by atoms with E-state index in [1.807, 2.05) is 6.92 Å². The average Bonchev–Trinajstić information content (AvgIpc) is 2.49. The Hall–Kier alpha value is -1.86. The quantitative estimate of drug-likeness (QED) is 0.853. The van der Waals surface area contributed by atoms with E-state index < -0.39 is 10.0 Å². The summed E-state index contributed by atoms with van der Waals surface area (Å²) in [5.41, 5.74) is 1.69. The van der Waals surface area contributed by atoms with Crippen molar-refractivity contribution in [3.05, 3.63) is 58.1 Å². The fourth-order valence-corrected chi connectivity index (χ4v) is 3.22. The van der Waals surface area contributed by atoms with Crippen LogP contribution in [-0.4, -0.2) is 21.4 Å². The number of rotatable bonds is 4. The minimum absolute atomic E-state index is 0.184. The third-order valence-corrected chi connectivity index (χ3v) is 5.33. The maximum Gasteiger partial charge on any atom is 0.261 e. The van der Waals surface area contributed by atoms with E-state index in [0.717, 1.165) is 10.0 Å². The number of hydrogen-bond acceptors (Lipinski definition) is 3. The van der Waals surface area contributed by atoms with Gasteiger partial charge in [0, 0.05) is 22.8 Å². The summed E-state index contributed by atoms with van der Waals surface area (Å²) in [6, 6.07) is 11.0. The Morgan fingerprint density at radius 2 is 1.73 bits per heavy atom. The molecule has 0 aliphatic carbocycles. The number of nitrogens with one attached hydrogen (secondary N) is 2. The molecule has 7 heteroatoms. The number of aryl methyl sites for hydroxylation is 1. The number of anilines is 1. The summed E-state index contributed by atoms with van der Waals surface area (Å²) < 4.78 is 28.0. The maximum absolute atomic E-state index is 12.3. The summed E-state index contributed by atoms with van der Waals surface area (Å²) in [5, 5.41) is 2.50. The first-order chi connectivity index (χ1) is 10.3. The van der Waals surface area contributed by atoms with Crippen LogP contribution in [0.25, 0.3) is 0 Å². The third kappa shape index (κ3) is 3.66. The summed E-state index contributed by atoms with van der Waals surface area (Å²) in [6.07, 6.45) is 0. The molecule has 22 heavy (non-hydrogen) atoms. The molecule has 0 atom stereocenters. The zero-order valence-corrected chi connectivity index (χ0v) is 14.5. The summed E-state index contributed by atoms with van der Waals surface area (Å²) in [6.45, 7) is 1.82. The highest BCUT2D eigenvalue weighted by molar-refractivity contribution is 9.10. The largest absolute Gasteiger partial charge is 0.355 e. The second-order valence-electron chi connectivity index (χ2n) is 4.67. The molecule has 2 rings (SSSR count). The molecule has 0 heterocycles. The van der Waals surface area contributed by atoms with Crippen molar-refractivity contribution in [2.24, 2.45) is 0 Å². The van der Waals surface area contributed by atoms with Crippen molar-refractivity contribution in [2.45, 2.75) is 11.8 Å². The lowest BCUT2D eigenvalue weighted by Gasteiger charge is -2.10. The van der Waals surface area contributed by atoms with Gasteiger partial charge >= 0.3 is 0 Å². The lowest BCUT2D eigenvalue weighted by atomic mass is 10.2. The van der Waals surface area contributed by atoms with E-state index in [4.69, 9.17) is 0 Å². The van der Waals surface area contributed by atoms with Crippen molar-refractivity contribution >= 4 is 37.5 Å². The molecule has 0 fully saturated rings. The Morgan fingerprint density at radius 1 is 1.09 bits per heavy atom. The summed E-state index contributed by atoms with van der Waals surface area (Å²) >= 11 is 3.34. The Balaban J connectivity index is 2.25. The minimum atomic E-state index is -3.66. The number of benzene rings is 2. The average molecular weight is 383 g/mol. The van der Waals surface area contributed by atoms with Crippen molar-refractivity contribution in [1.29, 1.82) is 0 Å². The van der Waals surface area contributed by atoms with Gasteiger partial charge in [-0.05, 0) is 55.0 Å². The van der Waals surface area contributed by atoms with Crippen molar-refractivity contribution in [3.8, 4) is 0 Å². The fraction of sp³-hybridized carbons (Fsp3) is 0.133. The van der Waals surface area contributed by atoms with E-state index in [0.29, 0.717) is 11.3 Å². The van der Waals surface area contributed by atoms with Crippen molar-refractivity contribution in [3.63, 3.8) is 0 Å². The molecule has 1 amide bonds. The Bertz CT molecular complexity index is 802. The van der Waals surface area contributed by atoms with Crippen LogP contribution >= 0.6 is 15.9 Å². The second-order valence-corrected chi connectivity index (χ2v) is 7.21. The normalized spacial score (nSPS) is 11.0. The van der Waals surface area contributed by atoms with Crippen molar-refractivity contribution in [1.82, 2.24) is 5.32 Å². The van der Waals surface area contributed by atoms with Crippen molar-refractivity contribution in [2.75, 3.05) is 11.8 Å². The second kappa shape index (κ2) is 6.50. The highest BCUT2D eigenvalue weighted by Gasteiger charge is 2.15. The van der Waals surface area contributed by atoms with Gasteiger partial charge in [-0.25, -0.2) is 8.42 Å². The van der Waals surface area contributed by atoms with Gasteiger partial charge in [0.05, 0.1) is 4.90 Å². The smallest absolute Gasteiger partial charge is 0.261 e. The van der Waals surface area contributed by atoms with Crippen LogP contribution in [0.2, 0.25) is 0 Å². The van der Waals surface area contributed by atoms with Crippen LogP contribution in [0.1, 0.15) is 15.9 Å². The molecule has 0 bridgehead atoms. The summed E-state index contributed by atoms with van der Waals surface area (Å²) in [4.78, 5) is 11.6. The van der Waals surface area contributed by atoms with E-state index in [1.165, 1.54) is 13.1 Å². The molecule has 2 aromatic carbocycles. The first kappa shape index (κ1) is 16.5. The predicted molar refractivity (Wildman–Crippen MR) is 89.5 cm³/mol. The zero-order chi connectivity index (χ0) is 16.3. The minimum Gasteiger partial charge on any atom is -0.355 e. The van der Waals surface area contributed by atoms with Crippen LogP contribution in [-0.2, 0) is 10.0 Å². The molecule has 2 aromatic rings. The van der Waals surface area contributed by atoms with E-state index in [1.54, 1.807) is 36.4 Å². The lowest BCUT2D eigenvalue weighted by Crippen LogP contribution is -2.18. The van der Waals surface area contributed by atoms with Crippen molar-refractivity contribution < 1.29 is 13.2 Å². The lowest BCUT2D eigenvalue weighted by molar-refractivity contribution is 0.0963. The molecule has 0 radical (unpaired) electrons. The van der Waals surface area contributed by atoms with E-state index in [2.05, 4.69) is 26.0 Å². The van der Waals surface area contributed by atoms with Crippen LogP contribution < -0.4 is 10.0 Å². The van der Waals surface area contributed by atoms with E-state index >= 15 is 0 Å². The summed E-state index contributed by atoms with van der Waals surface area (Å²) in [5.74, 6) is -0.224. The molecule has 2 N–H and O–H groups in total. The van der Waals surface area contributed by atoms with Gasteiger partial charge in [-0.1, -0.05) is 15.9 Å². The molecule has 0 aliphatic rings. The molecular weight excluding hydrogens is 368 g/mol. The molecular formula is C15H15BrN2O3S. The monoisotopic (exact) mass is 382 g/mol. The van der Waals surface area contributed by atoms with Gasteiger partial charge in [-0.2, -0.15) is 0 Å². The van der Waals surface area contributed by atoms with Gasteiger partial charge in [0.1, 0.15) is 0 Å². The molecule has 116 valence electrons. The predicted octanol–water partition coefficient (Wildman–Crippen LogP) is 2.92. The molecule has 0 unspecified atom stereocenters. The topological polar surface area (TPSA) is 75.3 Å². The number of carbonyl (C=O) groups excluding carboxylic acids is 1. The van der Waals surface area contributed by atoms with Crippen LogP contribution in [0, 0.1) is 6.92 Å². The SMILES string of the molecule is CNC(=O)c1ccc(NS(=O)(=O)c2ccc(Br)c(C)c2)cc1. The summed E-state index contributed by atoms with van der Waals surface area (Å²) in [7, 11) is -2.13. The Kier molecular flexibility index (Phi) is 4.87. The van der Waals surface area contributed by atoms with E-state index in [-0.39, 0.29) is 10.8 Å². The number of hydrogen-bond donors (Lipinski definition) is 2. The molecule has 0 aliphatic heterocycles. The Labute approximate surface area is 137 Å². The Morgan fingerprint density at radius 3 is 2.27 bits per heavy atom. The number of halogens is 1. The van der Waals surface area contributed by atoms with Gasteiger partial charge in [-0.15, -0.1) is 0 Å². The standard InChI is InChI=1S/C15H15BrN2O3S/c1-10-9-13(7-8-14(10)16)22(20,21)18-12-5-3-11(4-6-12)15(19)17-2/h3-9,18H,1-2H3,(H,17,19). The highest BCUT2D eigenvalue weighted by Crippen LogP contribution is 2.22. The third-order valence-electron chi connectivity index (χ3n) is 3.07. The maximum atomic E-state index is 12.3. The highest BCUT2D eigenvalue weighted by atomic mass is 79.9. The van der Waals surface area contributed by atoms with Crippen LogP contribution in [0.4, 0.5) is 5.69 Å². The van der Waals surface area contributed by atoms with Crippen LogP contribution in [0.5, 0.6) is 0 Å². The van der Waals surface area contributed by atoms with Gasteiger partial charge in [0.2, 0.25) is 0 Å². The molecule has 0 saturated heterocycles. The van der Waals surface area contributed by atoms with Crippen LogP contribution in [0.15, 0.2) is 51.8 Å². The molecule has 5 nitrogen and oxygen atoms in total. The fourth-order valence-electron chi connectivity index (χ4n) is 1.83. The molecule has 0 spiro atoms. The number of sulfonamides is 1. The first-order valence-corrected chi connectivity index (χ1v) is 8.72. The zero-order valence-electron chi connectivity index (χ0n) is 12.1. The number of carbonyl (C=O) groups is 1. The first-order valence-electron chi connectivity index (χ1n) is 6.44. The van der Waals surface area contributed by atoms with Gasteiger partial charge in [0.15, 0.2) is 0 Å². The molecule has 0 aromatic heterocycles. The van der Waals surface area contributed by atoms with Gasteiger partial charge < -0.3 is 5.32 Å². The van der Waals surface area contributed by atoms with Gasteiger partial charge in [0.25, 0.3) is 15.9 Å². The van der Waals surface area contributed by atoms with Gasteiger partial charge in [-0.3, -0.25) is 9.52 Å².